The Balaban J connectivity index is 1.98. The number of alkyl halides is 2. The Morgan fingerprint density at radius 2 is 1.80 bits per heavy atom. The largest absolute Gasteiger partial charge is 0.469 e. The number of methoxy groups -OCH3 is 1. The van der Waals surface area contributed by atoms with Crippen molar-refractivity contribution in [1.82, 2.24) is 10.8 Å². The summed E-state index contributed by atoms with van der Waals surface area (Å²) < 4.78 is 39.1. The maximum Gasteiger partial charge on any atom is 0.412 e. The van der Waals surface area contributed by atoms with E-state index in [1.807, 2.05) is 30.3 Å². The summed E-state index contributed by atoms with van der Waals surface area (Å²) >= 11 is 6.81. The number of ether oxygens (including phenoxy) is 2. The van der Waals surface area contributed by atoms with Gasteiger partial charge >= 0.3 is 12.1 Å². The van der Waals surface area contributed by atoms with Crippen LogP contribution in [0.15, 0.2) is 59.1 Å². The number of hydrogen-bond donors (Lipinski definition) is 3. The minimum Gasteiger partial charge on any atom is -0.469 e. The smallest absolute Gasteiger partial charge is 0.412 e. The number of carbonyl (C=O) groups excluding carboxylic acids is 3. The quantitative estimate of drug-likeness (QED) is 0.0947. The van der Waals surface area contributed by atoms with Crippen molar-refractivity contribution in [2.75, 3.05) is 12.4 Å². The predicted molar refractivity (Wildman–Crippen MR) is 167 cm³/mol. The number of amides is 1. The molecule has 0 aliphatic heterocycles. The highest BCUT2D eigenvalue weighted by Crippen LogP contribution is 2.42. The highest BCUT2D eigenvalue weighted by molar-refractivity contribution is 6.34. The molecule has 0 saturated heterocycles. The van der Waals surface area contributed by atoms with Crippen molar-refractivity contribution in [2.24, 2.45) is 10.9 Å². The molecule has 3 unspecified atom stereocenters. The fourth-order valence-corrected chi connectivity index (χ4v) is 5.08. The Kier molecular flexibility index (Phi) is 11.7. The van der Waals surface area contributed by atoms with Gasteiger partial charge in [-0.25, -0.2) is 28.8 Å². The van der Waals surface area contributed by atoms with Crippen LogP contribution in [0.25, 0.3) is 0 Å². The molecule has 1 fully saturated rings. The standard InChI is InChI=1S/C32H39ClF2N4O6/c1-20-22(18-40)24(15-16-32(20,34)35)36-28(39-45-30(2,3)4)38-31(5,17-26(41)43-6)23-13-10-14-25(27(23)33)37-29(42)44-19-21-11-8-7-9-12-21/h7-14,20,24H,15-17,19H2,1-6H3,(H,37,42)(H2,36,38,39). The number of rotatable bonds is 9. The Hall–Kier alpha value is -3.99. The van der Waals surface area contributed by atoms with E-state index in [-0.39, 0.29) is 41.7 Å². The zero-order valence-corrected chi connectivity index (χ0v) is 26.9. The maximum absolute atomic E-state index is 14.4. The number of nitrogens with zero attached hydrogens (tertiary/aromatic N) is 1. The summed E-state index contributed by atoms with van der Waals surface area (Å²) in [5.74, 6) is -3.45. The number of benzene rings is 2. The zero-order chi connectivity index (χ0) is 33.4. The molecule has 2 aromatic carbocycles. The van der Waals surface area contributed by atoms with Gasteiger partial charge in [0, 0.05) is 12.0 Å². The molecule has 1 amide bonds. The van der Waals surface area contributed by atoms with Crippen LogP contribution in [0.5, 0.6) is 0 Å². The normalized spacial score (nSPS) is 19.5. The molecule has 3 N–H and O–H groups in total. The molecule has 3 atom stereocenters. The maximum atomic E-state index is 14.4. The summed E-state index contributed by atoms with van der Waals surface area (Å²) in [6.07, 6.45) is -1.64. The predicted octanol–water partition coefficient (Wildman–Crippen LogP) is 6.32. The molecule has 0 radical (unpaired) electrons. The molecule has 3 rings (SSSR count). The molecule has 1 aliphatic rings. The van der Waals surface area contributed by atoms with Gasteiger partial charge in [0.05, 0.1) is 47.3 Å². The van der Waals surface area contributed by atoms with Crippen molar-refractivity contribution < 1.29 is 37.5 Å². The van der Waals surface area contributed by atoms with Crippen molar-refractivity contribution in [3.8, 4) is 0 Å². The summed E-state index contributed by atoms with van der Waals surface area (Å²) in [6, 6.07) is 13.0. The molecule has 1 saturated carbocycles. The Bertz CT molecular complexity index is 1440. The lowest BCUT2D eigenvalue weighted by Crippen LogP contribution is -2.52. The summed E-state index contributed by atoms with van der Waals surface area (Å²) in [6.45, 7) is 8.26. The number of hydrogen-bond acceptors (Lipinski definition) is 7. The van der Waals surface area contributed by atoms with E-state index in [2.05, 4.69) is 21.1 Å². The van der Waals surface area contributed by atoms with Gasteiger partial charge in [0.15, 0.2) is 0 Å². The number of esters is 1. The highest BCUT2D eigenvalue weighted by Gasteiger charge is 2.46. The Labute approximate surface area is 266 Å². The van der Waals surface area contributed by atoms with Crippen molar-refractivity contribution >= 4 is 41.3 Å². The first-order valence-corrected chi connectivity index (χ1v) is 14.7. The number of guanidine groups is 1. The number of halogens is 3. The minimum atomic E-state index is -3.08. The van der Waals surface area contributed by atoms with E-state index in [9.17, 15) is 23.2 Å². The van der Waals surface area contributed by atoms with Crippen molar-refractivity contribution in [3.63, 3.8) is 0 Å². The van der Waals surface area contributed by atoms with Crippen LogP contribution in [0.3, 0.4) is 0 Å². The molecule has 1 aliphatic carbocycles. The Morgan fingerprint density at radius 3 is 2.42 bits per heavy atom. The lowest BCUT2D eigenvalue weighted by atomic mass is 9.80. The third-order valence-electron chi connectivity index (χ3n) is 7.23. The first kappa shape index (κ1) is 35.5. The molecule has 10 nitrogen and oxygen atoms in total. The SMILES string of the molecule is COC(=O)CC(C)(NC(=NC1CCC(F)(F)C(C)C1=C=O)NOC(C)(C)C)c1cccc(NC(=O)OCc2ccccc2)c1Cl. The average Bonchev–Trinajstić information content (AvgIpc) is 2.98. The first-order chi connectivity index (χ1) is 21.1. The summed E-state index contributed by atoms with van der Waals surface area (Å²) in [4.78, 5) is 47.4. The fraction of sp³-hybridized carbons (Fsp3) is 0.469. The molecule has 45 heavy (non-hydrogen) atoms. The summed E-state index contributed by atoms with van der Waals surface area (Å²) in [5.41, 5.74) is 1.81. The van der Waals surface area contributed by atoms with Gasteiger partial charge in [-0.15, -0.1) is 0 Å². The second kappa shape index (κ2) is 14.9. The molecular formula is C32H39ClF2N4O6. The van der Waals surface area contributed by atoms with Gasteiger partial charge in [0.25, 0.3) is 5.92 Å². The number of aliphatic imine (C=N–C) groups is 1. The number of carbonyl (C=O) groups is 2. The van der Waals surface area contributed by atoms with E-state index >= 15 is 0 Å². The average molecular weight is 649 g/mol. The van der Waals surface area contributed by atoms with Crippen LogP contribution >= 0.6 is 11.6 Å². The van der Waals surface area contributed by atoms with Gasteiger partial charge in [-0.1, -0.05) is 61.0 Å². The van der Waals surface area contributed by atoms with E-state index < -0.39 is 47.5 Å². The van der Waals surface area contributed by atoms with Crippen LogP contribution in [-0.4, -0.2) is 48.6 Å². The van der Waals surface area contributed by atoms with E-state index in [0.717, 1.165) is 5.56 Å². The van der Waals surface area contributed by atoms with Gasteiger partial charge in [-0.05, 0) is 51.3 Å². The van der Waals surface area contributed by atoms with Crippen LogP contribution in [-0.2, 0) is 36.0 Å². The molecule has 0 aromatic heterocycles. The van der Waals surface area contributed by atoms with Gasteiger partial charge in [-0.2, -0.15) is 0 Å². The molecule has 0 spiro atoms. The van der Waals surface area contributed by atoms with Gasteiger partial charge < -0.3 is 14.8 Å². The first-order valence-electron chi connectivity index (χ1n) is 14.3. The van der Waals surface area contributed by atoms with E-state index in [1.165, 1.54) is 14.0 Å². The highest BCUT2D eigenvalue weighted by atomic mass is 35.5. The third-order valence-corrected chi connectivity index (χ3v) is 7.64. The van der Waals surface area contributed by atoms with Crippen molar-refractivity contribution in [1.29, 1.82) is 0 Å². The van der Waals surface area contributed by atoms with E-state index in [4.69, 9.17) is 25.9 Å². The summed E-state index contributed by atoms with van der Waals surface area (Å²) in [7, 11) is 1.23. The topological polar surface area (TPSA) is 127 Å². The van der Waals surface area contributed by atoms with Gasteiger partial charge in [0.1, 0.15) is 12.5 Å². The lowest BCUT2D eigenvalue weighted by Gasteiger charge is -2.36. The Morgan fingerprint density at radius 1 is 1.11 bits per heavy atom. The second-order valence-electron chi connectivity index (χ2n) is 12.0. The fourth-order valence-electron chi connectivity index (χ4n) is 4.70. The molecule has 13 heteroatoms. The molecule has 0 heterocycles. The van der Waals surface area contributed by atoms with Gasteiger partial charge in [-0.3, -0.25) is 14.9 Å². The molecule has 244 valence electrons. The number of hydroxylamine groups is 1. The molecule has 0 bridgehead atoms. The van der Waals surface area contributed by atoms with Crippen LogP contribution < -0.4 is 16.1 Å². The molecular weight excluding hydrogens is 610 g/mol. The summed E-state index contributed by atoms with van der Waals surface area (Å²) in [5, 5.41) is 5.85. The van der Waals surface area contributed by atoms with Gasteiger partial charge in [0.2, 0.25) is 5.96 Å². The number of nitrogens with one attached hydrogen (secondary N) is 3. The van der Waals surface area contributed by atoms with E-state index in [0.29, 0.717) is 5.56 Å². The van der Waals surface area contributed by atoms with Crippen molar-refractivity contribution in [2.45, 2.75) is 83.6 Å². The van der Waals surface area contributed by atoms with Crippen LogP contribution in [0.2, 0.25) is 5.02 Å². The second-order valence-corrected chi connectivity index (χ2v) is 12.3. The lowest BCUT2D eigenvalue weighted by molar-refractivity contribution is -0.142. The third kappa shape index (κ3) is 9.75. The van der Waals surface area contributed by atoms with Crippen LogP contribution in [0.4, 0.5) is 19.3 Å². The van der Waals surface area contributed by atoms with Crippen LogP contribution in [0.1, 0.15) is 65.0 Å². The molecule has 2 aromatic rings. The monoisotopic (exact) mass is 648 g/mol. The zero-order valence-electron chi connectivity index (χ0n) is 26.1. The number of anilines is 1. The van der Waals surface area contributed by atoms with E-state index in [1.54, 1.807) is 51.8 Å². The van der Waals surface area contributed by atoms with Crippen molar-refractivity contribution in [3.05, 3.63) is 70.3 Å². The minimum absolute atomic E-state index is 0.0355. The van der Waals surface area contributed by atoms with Crippen LogP contribution in [0, 0.1) is 5.92 Å².